The summed E-state index contributed by atoms with van der Waals surface area (Å²) in [6.07, 6.45) is 5.84. The van der Waals surface area contributed by atoms with Crippen molar-refractivity contribution < 1.29 is 13.6 Å². The number of carbonyl (C=O) groups excluding carboxylic acids is 1. The van der Waals surface area contributed by atoms with Crippen molar-refractivity contribution >= 4 is 17.8 Å². The number of halogens is 2. The standard InChI is InChI=1S/C19H23F2N3O/c1-15-5-7-16(8-6-15)9-10-18(25)22-17-11-14-24(23-17)13-4-3-12-19(2,20)21/h5-11,14H,3-4,12-13H2,1-2H3,(H,22,23,25)/b10-9+. The Hall–Kier alpha value is -2.50. The first-order valence-electron chi connectivity index (χ1n) is 8.29. The lowest BCUT2D eigenvalue weighted by Crippen LogP contribution is -2.10. The van der Waals surface area contributed by atoms with Crippen LogP contribution in [-0.2, 0) is 11.3 Å². The summed E-state index contributed by atoms with van der Waals surface area (Å²) >= 11 is 0. The second kappa shape index (κ2) is 8.55. The molecule has 2 rings (SSSR count). The molecule has 0 aliphatic rings. The zero-order valence-electron chi connectivity index (χ0n) is 14.5. The maximum Gasteiger partial charge on any atom is 0.249 e. The fourth-order valence-electron chi connectivity index (χ4n) is 2.28. The Kier molecular flexibility index (Phi) is 6.44. The number of anilines is 1. The van der Waals surface area contributed by atoms with Crippen LogP contribution in [0.1, 0.15) is 37.3 Å². The van der Waals surface area contributed by atoms with Crippen molar-refractivity contribution in [2.75, 3.05) is 5.32 Å². The molecule has 0 fully saturated rings. The van der Waals surface area contributed by atoms with Crippen molar-refractivity contribution in [3.8, 4) is 0 Å². The average molecular weight is 347 g/mol. The van der Waals surface area contributed by atoms with Gasteiger partial charge in [-0.25, -0.2) is 8.78 Å². The van der Waals surface area contributed by atoms with Crippen LogP contribution >= 0.6 is 0 Å². The molecule has 134 valence electrons. The van der Waals surface area contributed by atoms with Crippen LogP contribution in [0.4, 0.5) is 14.6 Å². The van der Waals surface area contributed by atoms with Crippen LogP contribution in [0, 0.1) is 6.92 Å². The van der Waals surface area contributed by atoms with E-state index in [1.807, 2.05) is 31.2 Å². The second-order valence-electron chi connectivity index (χ2n) is 6.22. The van der Waals surface area contributed by atoms with Crippen LogP contribution in [0.15, 0.2) is 42.6 Å². The van der Waals surface area contributed by atoms with E-state index in [0.29, 0.717) is 25.2 Å². The van der Waals surface area contributed by atoms with E-state index >= 15 is 0 Å². The number of carbonyl (C=O) groups is 1. The van der Waals surface area contributed by atoms with Gasteiger partial charge in [-0.05, 0) is 38.3 Å². The Morgan fingerprint density at radius 1 is 1.24 bits per heavy atom. The minimum Gasteiger partial charge on any atom is -0.306 e. The van der Waals surface area contributed by atoms with Gasteiger partial charge in [0.15, 0.2) is 5.82 Å². The van der Waals surface area contributed by atoms with Crippen LogP contribution in [0.25, 0.3) is 6.08 Å². The molecule has 4 nitrogen and oxygen atoms in total. The van der Waals surface area contributed by atoms with Gasteiger partial charge in [0.1, 0.15) is 0 Å². The summed E-state index contributed by atoms with van der Waals surface area (Å²) in [6.45, 7) is 3.48. The van der Waals surface area contributed by atoms with E-state index in [9.17, 15) is 13.6 Å². The van der Waals surface area contributed by atoms with Gasteiger partial charge in [0.2, 0.25) is 11.8 Å². The molecule has 1 amide bonds. The first-order chi connectivity index (χ1) is 11.8. The number of unbranched alkanes of at least 4 members (excludes halogenated alkanes) is 1. The number of nitrogens with one attached hydrogen (secondary N) is 1. The van der Waals surface area contributed by atoms with Crippen LogP contribution in [0.2, 0.25) is 0 Å². The lowest BCUT2D eigenvalue weighted by molar-refractivity contribution is -0.111. The molecule has 0 aliphatic carbocycles. The van der Waals surface area contributed by atoms with Gasteiger partial charge >= 0.3 is 0 Å². The Bertz CT molecular complexity index is 715. The predicted octanol–water partition coefficient (Wildman–Crippen LogP) is 4.67. The summed E-state index contributed by atoms with van der Waals surface area (Å²) in [6, 6.07) is 9.52. The van der Waals surface area contributed by atoms with Gasteiger partial charge in [-0.1, -0.05) is 29.8 Å². The zero-order chi connectivity index (χ0) is 18.3. The molecule has 6 heteroatoms. The van der Waals surface area contributed by atoms with Crippen molar-refractivity contribution in [2.45, 2.75) is 45.6 Å². The molecule has 1 N–H and O–H groups in total. The van der Waals surface area contributed by atoms with Gasteiger partial charge < -0.3 is 5.32 Å². The summed E-state index contributed by atoms with van der Waals surface area (Å²) in [7, 11) is 0. The van der Waals surface area contributed by atoms with Crippen LogP contribution in [0.5, 0.6) is 0 Å². The molecule has 2 aromatic rings. The number of alkyl halides is 2. The molecule has 0 radical (unpaired) electrons. The highest BCUT2D eigenvalue weighted by Gasteiger charge is 2.19. The number of nitrogens with zero attached hydrogens (tertiary/aromatic N) is 2. The summed E-state index contributed by atoms with van der Waals surface area (Å²) in [5, 5.41) is 6.90. The molecule has 0 aliphatic heterocycles. The third-order valence-electron chi connectivity index (χ3n) is 3.65. The first-order valence-corrected chi connectivity index (χ1v) is 8.29. The quantitative estimate of drug-likeness (QED) is 0.557. The van der Waals surface area contributed by atoms with Crippen LogP contribution in [-0.4, -0.2) is 21.6 Å². The first kappa shape index (κ1) is 18.8. The number of benzene rings is 1. The molecular weight excluding hydrogens is 324 g/mol. The fraction of sp³-hybridized carbons (Fsp3) is 0.368. The van der Waals surface area contributed by atoms with Crippen molar-refractivity contribution in [2.24, 2.45) is 0 Å². The van der Waals surface area contributed by atoms with Gasteiger partial charge in [0.25, 0.3) is 0 Å². The summed E-state index contributed by atoms with van der Waals surface area (Å²) in [5.74, 6) is -2.44. The zero-order valence-corrected chi connectivity index (χ0v) is 14.5. The van der Waals surface area contributed by atoms with Crippen LogP contribution < -0.4 is 5.32 Å². The lowest BCUT2D eigenvalue weighted by atomic mass is 10.1. The van der Waals surface area contributed by atoms with E-state index in [1.54, 1.807) is 23.0 Å². The molecule has 1 heterocycles. The molecular formula is C19H23F2N3O. The average Bonchev–Trinajstić information content (AvgIpc) is 2.97. The van der Waals surface area contributed by atoms with Crippen molar-refractivity contribution in [1.29, 1.82) is 0 Å². The molecule has 0 spiro atoms. The Morgan fingerprint density at radius 2 is 1.96 bits per heavy atom. The lowest BCUT2D eigenvalue weighted by Gasteiger charge is -2.09. The van der Waals surface area contributed by atoms with E-state index in [4.69, 9.17) is 0 Å². The predicted molar refractivity (Wildman–Crippen MR) is 95.5 cm³/mol. The number of aromatic nitrogens is 2. The van der Waals surface area contributed by atoms with E-state index < -0.39 is 5.92 Å². The van der Waals surface area contributed by atoms with Crippen molar-refractivity contribution in [1.82, 2.24) is 9.78 Å². The molecule has 0 atom stereocenters. The third kappa shape index (κ3) is 7.28. The molecule has 0 bridgehead atoms. The number of aryl methyl sites for hydroxylation is 2. The Morgan fingerprint density at radius 3 is 2.64 bits per heavy atom. The number of hydrogen-bond acceptors (Lipinski definition) is 2. The molecule has 0 unspecified atom stereocenters. The van der Waals surface area contributed by atoms with E-state index in [0.717, 1.165) is 18.1 Å². The molecule has 0 saturated heterocycles. The normalized spacial score (nSPS) is 11.8. The van der Waals surface area contributed by atoms with Crippen molar-refractivity contribution in [3.63, 3.8) is 0 Å². The highest BCUT2D eigenvalue weighted by molar-refractivity contribution is 6.01. The number of rotatable bonds is 8. The van der Waals surface area contributed by atoms with E-state index in [2.05, 4.69) is 10.4 Å². The minimum atomic E-state index is -2.62. The third-order valence-corrected chi connectivity index (χ3v) is 3.65. The van der Waals surface area contributed by atoms with Gasteiger partial charge in [0, 0.05) is 31.3 Å². The SMILES string of the molecule is Cc1ccc(/C=C/C(=O)Nc2ccn(CCCCC(C)(F)F)n2)cc1. The largest absolute Gasteiger partial charge is 0.306 e. The van der Waals surface area contributed by atoms with E-state index in [-0.39, 0.29) is 12.3 Å². The summed E-state index contributed by atoms with van der Waals surface area (Å²) in [5.41, 5.74) is 2.11. The maximum atomic E-state index is 12.7. The summed E-state index contributed by atoms with van der Waals surface area (Å²) < 4.78 is 27.1. The number of amides is 1. The van der Waals surface area contributed by atoms with Gasteiger partial charge in [0.05, 0.1) is 0 Å². The molecule has 1 aromatic carbocycles. The summed E-state index contributed by atoms with van der Waals surface area (Å²) in [4.78, 5) is 11.9. The van der Waals surface area contributed by atoms with Gasteiger partial charge in [-0.3, -0.25) is 9.48 Å². The molecule has 0 saturated carbocycles. The van der Waals surface area contributed by atoms with E-state index in [1.165, 1.54) is 6.08 Å². The highest BCUT2D eigenvalue weighted by atomic mass is 19.3. The Labute approximate surface area is 146 Å². The van der Waals surface area contributed by atoms with Gasteiger partial charge in [-0.2, -0.15) is 5.10 Å². The number of hydrogen-bond donors (Lipinski definition) is 1. The molecule has 25 heavy (non-hydrogen) atoms. The van der Waals surface area contributed by atoms with Crippen LogP contribution in [0.3, 0.4) is 0 Å². The topological polar surface area (TPSA) is 46.9 Å². The highest BCUT2D eigenvalue weighted by Crippen LogP contribution is 2.19. The monoisotopic (exact) mass is 347 g/mol. The fourth-order valence-corrected chi connectivity index (χ4v) is 2.28. The molecule has 1 aromatic heterocycles. The van der Waals surface area contributed by atoms with Crippen molar-refractivity contribution in [3.05, 3.63) is 53.7 Å². The maximum absolute atomic E-state index is 12.7. The Balaban J connectivity index is 1.78. The minimum absolute atomic E-state index is 0.123. The van der Waals surface area contributed by atoms with Gasteiger partial charge in [-0.15, -0.1) is 0 Å². The smallest absolute Gasteiger partial charge is 0.249 e. The second-order valence-corrected chi connectivity index (χ2v) is 6.22.